The van der Waals surface area contributed by atoms with E-state index in [1.54, 1.807) is 4.68 Å². The molecule has 2 heterocycles. The standard InChI is InChI=1S/C18H23N5O/c1-18(2,3)19-17(24)22-11-9-14(10-12-22)16-13-23(21-20-16)15-7-5-4-6-8-15/h4-9,13H,10-12H2,1-3H3,(H,19,24). The zero-order valence-corrected chi connectivity index (χ0v) is 14.4. The highest BCUT2D eigenvalue weighted by Crippen LogP contribution is 2.21. The number of para-hydroxylation sites is 1. The number of carbonyl (C=O) groups is 1. The molecule has 6 heteroatoms. The van der Waals surface area contributed by atoms with E-state index in [4.69, 9.17) is 0 Å². The second-order valence-corrected chi connectivity index (χ2v) is 6.99. The molecule has 0 atom stereocenters. The van der Waals surface area contributed by atoms with Crippen molar-refractivity contribution in [1.82, 2.24) is 25.2 Å². The number of benzene rings is 1. The molecule has 1 aliphatic rings. The Balaban J connectivity index is 1.68. The summed E-state index contributed by atoms with van der Waals surface area (Å²) in [5.74, 6) is 0. The lowest BCUT2D eigenvalue weighted by Crippen LogP contribution is -2.49. The lowest BCUT2D eigenvalue weighted by atomic mass is 10.1. The highest BCUT2D eigenvalue weighted by atomic mass is 16.2. The minimum atomic E-state index is -0.223. The van der Waals surface area contributed by atoms with Gasteiger partial charge in [-0.05, 0) is 44.9 Å². The summed E-state index contributed by atoms with van der Waals surface area (Å²) in [5, 5.41) is 11.5. The highest BCUT2D eigenvalue weighted by molar-refractivity contribution is 5.77. The maximum absolute atomic E-state index is 12.2. The first kappa shape index (κ1) is 16.2. The molecule has 0 aliphatic carbocycles. The summed E-state index contributed by atoms with van der Waals surface area (Å²) in [6, 6.07) is 9.89. The predicted molar refractivity (Wildman–Crippen MR) is 93.8 cm³/mol. The Bertz CT molecular complexity index is 742. The van der Waals surface area contributed by atoms with Gasteiger partial charge in [-0.3, -0.25) is 0 Å². The fourth-order valence-corrected chi connectivity index (χ4v) is 2.60. The van der Waals surface area contributed by atoms with E-state index in [0.717, 1.165) is 23.4 Å². The molecule has 2 aromatic rings. The first-order valence-corrected chi connectivity index (χ1v) is 8.17. The van der Waals surface area contributed by atoms with E-state index in [2.05, 4.69) is 21.7 Å². The van der Waals surface area contributed by atoms with Crippen molar-refractivity contribution < 1.29 is 4.79 Å². The third-order valence-electron chi connectivity index (χ3n) is 3.82. The molecule has 0 saturated carbocycles. The van der Waals surface area contributed by atoms with Gasteiger partial charge in [-0.25, -0.2) is 9.48 Å². The average molecular weight is 325 g/mol. The van der Waals surface area contributed by atoms with Gasteiger partial charge in [0, 0.05) is 18.6 Å². The molecule has 0 bridgehead atoms. The maximum atomic E-state index is 12.2. The van der Waals surface area contributed by atoms with Gasteiger partial charge >= 0.3 is 6.03 Å². The molecule has 1 aliphatic heterocycles. The summed E-state index contributed by atoms with van der Waals surface area (Å²) < 4.78 is 1.77. The van der Waals surface area contributed by atoms with Crippen LogP contribution in [0.2, 0.25) is 0 Å². The second-order valence-electron chi connectivity index (χ2n) is 6.99. The average Bonchev–Trinajstić information content (AvgIpc) is 3.04. The van der Waals surface area contributed by atoms with Gasteiger partial charge in [-0.2, -0.15) is 0 Å². The van der Waals surface area contributed by atoms with E-state index in [-0.39, 0.29) is 11.6 Å². The van der Waals surface area contributed by atoms with Crippen molar-refractivity contribution in [2.24, 2.45) is 0 Å². The minimum absolute atomic E-state index is 0.0225. The smallest absolute Gasteiger partial charge is 0.318 e. The molecule has 0 radical (unpaired) electrons. The summed E-state index contributed by atoms with van der Waals surface area (Å²) in [4.78, 5) is 14.0. The molecular formula is C18H23N5O. The van der Waals surface area contributed by atoms with Crippen LogP contribution in [-0.4, -0.2) is 44.6 Å². The van der Waals surface area contributed by atoms with Gasteiger partial charge in [-0.1, -0.05) is 29.5 Å². The molecule has 126 valence electrons. The van der Waals surface area contributed by atoms with Crippen molar-refractivity contribution in [3.63, 3.8) is 0 Å². The molecular weight excluding hydrogens is 302 g/mol. The molecule has 0 spiro atoms. The van der Waals surface area contributed by atoms with Gasteiger partial charge in [0.05, 0.1) is 11.9 Å². The van der Waals surface area contributed by atoms with Crippen LogP contribution < -0.4 is 5.32 Å². The van der Waals surface area contributed by atoms with Gasteiger partial charge in [0.25, 0.3) is 0 Å². The first-order chi connectivity index (χ1) is 11.4. The van der Waals surface area contributed by atoms with Crippen LogP contribution >= 0.6 is 0 Å². The van der Waals surface area contributed by atoms with Crippen LogP contribution in [0.4, 0.5) is 4.79 Å². The zero-order valence-electron chi connectivity index (χ0n) is 14.4. The summed E-state index contributed by atoms with van der Waals surface area (Å²) in [6.07, 6.45) is 4.78. The fraction of sp³-hybridized carbons (Fsp3) is 0.389. The van der Waals surface area contributed by atoms with Gasteiger partial charge in [0.15, 0.2) is 0 Å². The predicted octanol–water partition coefficient (Wildman–Crippen LogP) is 2.86. The quantitative estimate of drug-likeness (QED) is 0.923. The van der Waals surface area contributed by atoms with Gasteiger partial charge in [0.1, 0.15) is 5.69 Å². The number of nitrogens with one attached hydrogen (secondary N) is 1. The topological polar surface area (TPSA) is 63.1 Å². The van der Waals surface area contributed by atoms with Crippen LogP contribution in [0.1, 0.15) is 32.9 Å². The normalized spacial score (nSPS) is 15.1. The van der Waals surface area contributed by atoms with E-state index in [1.165, 1.54) is 0 Å². The number of aromatic nitrogens is 3. The second kappa shape index (κ2) is 6.47. The number of urea groups is 1. The van der Waals surface area contributed by atoms with Crippen LogP contribution in [0.3, 0.4) is 0 Å². The Morgan fingerprint density at radius 1 is 1.21 bits per heavy atom. The number of amides is 2. The van der Waals surface area contributed by atoms with Crippen molar-refractivity contribution in [2.75, 3.05) is 13.1 Å². The van der Waals surface area contributed by atoms with Crippen LogP contribution in [0.5, 0.6) is 0 Å². The maximum Gasteiger partial charge on any atom is 0.318 e. The minimum Gasteiger partial charge on any atom is -0.333 e. The largest absolute Gasteiger partial charge is 0.333 e. The third-order valence-corrected chi connectivity index (χ3v) is 3.82. The molecule has 2 amide bonds. The van der Waals surface area contributed by atoms with Crippen molar-refractivity contribution in [3.05, 3.63) is 48.3 Å². The molecule has 1 aromatic heterocycles. The van der Waals surface area contributed by atoms with Crippen LogP contribution in [-0.2, 0) is 0 Å². The Morgan fingerprint density at radius 2 is 1.96 bits per heavy atom. The summed E-state index contributed by atoms with van der Waals surface area (Å²) in [5.41, 5.74) is 2.77. The Hall–Kier alpha value is -2.63. The first-order valence-electron chi connectivity index (χ1n) is 8.17. The van der Waals surface area contributed by atoms with Crippen molar-refractivity contribution in [1.29, 1.82) is 0 Å². The lowest BCUT2D eigenvalue weighted by molar-refractivity contribution is 0.193. The molecule has 1 aromatic carbocycles. The Kier molecular flexibility index (Phi) is 4.38. The van der Waals surface area contributed by atoms with E-state index in [9.17, 15) is 4.79 Å². The molecule has 24 heavy (non-hydrogen) atoms. The van der Waals surface area contributed by atoms with E-state index in [0.29, 0.717) is 13.1 Å². The van der Waals surface area contributed by atoms with Gasteiger partial charge in [-0.15, -0.1) is 5.10 Å². The van der Waals surface area contributed by atoms with Crippen molar-refractivity contribution in [2.45, 2.75) is 32.7 Å². The molecule has 0 unspecified atom stereocenters. The van der Waals surface area contributed by atoms with Gasteiger partial charge in [0.2, 0.25) is 0 Å². The fourth-order valence-electron chi connectivity index (χ4n) is 2.60. The Morgan fingerprint density at radius 3 is 2.58 bits per heavy atom. The number of hydrogen-bond acceptors (Lipinski definition) is 3. The number of carbonyl (C=O) groups excluding carboxylic acids is 1. The van der Waals surface area contributed by atoms with E-state index in [1.807, 2.05) is 62.2 Å². The van der Waals surface area contributed by atoms with E-state index < -0.39 is 0 Å². The van der Waals surface area contributed by atoms with Crippen molar-refractivity contribution >= 4 is 11.6 Å². The molecule has 0 fully saturated rings. The summed E-state index contributed by atoms with van der Waals surface area (Å²) in [7, 11) is 0. The molecule has 0 saturated heterocycles. The SMILES string of the molecule is CC(C)(C)NC(=O)N1CC=C(c2cn(-c3ccccc3)nn2)CC1. The third kappa shape index (κ3) is 3.82. The van der Waals surface area contributed by atoms with Crippen LogP contribution in [0, 0.1) is 0 Å². The van der Waals surface area contributed by atoms with Crippen LogP contribution in [0.15, 0.2) is 42.6 Å². The molecule has 6 nitrogen and oxygen atoms in total. The number of hydrogen-bond donors (Lipinski definition) is 1. The lowest BCUT2D eigenvalue weighted by Gasteiger charge is -2.30. The molecule has 1 N–H and O–H groups in total. The summed E-state index contributed by atoms with van der Waals surface area (Å²) in [6.45, 7) is 7.23. The van der Waals surface area contributed by atoms with Crippen molar-refractivity contribution in [3.8, 4) is 5.69 Å². The summed E-state index contributed by atoms with van der Waals surface area (Å²) >= 11 is 0. The number of nitrogens with zero attached hydrogens (tertiary/aromatic N) is 4. The molecule has 3 rings (SSSR count). The monoisotopic (exact) mass is 325 g/mol. The van der Waals surface area contributed by atoms with E-state index >= 15 is 0 Å². The Labute approximate surface area is 142 Å². The zero-order chi connectivity index (χ0) is 17.2. The van der Waals surface area contributed by atoms with Gasteiger partial charge < -0.3 is 10.2 Å². The van der Waals surface area contributed by atoms with Crippen LogP contribution in [0.25, 0.3) is 11.3 Å². The highest BCUT2D eigenvalue weighted by Gasteiger charge is 2.22. The number of rotatable bonds is 2.